The average Bonchev–Trinajstić information content (AvgIpc) is 2.69. The zero-order chi connectivity index (χ0) is 21.6. The predicted octanol–water partition coefficient (Wildman–Crippen LogP) is 6.24. The highest BCUT2D eigenvalue weighted by Gasteiger charge is 2.33. The summed E-state index contributed by atoms with van der Waals surface area (Å²) in [5, 5.41) is 2.02. The molecule has 2 aromatic rings. The Hall–Kier alpha value is -2.61. The minimum absolute atomic E-state index is 0.156. The van der Waals surface area contributed by atoms with Crippen molar-refractivity contribution < 1.29 is 22.4 Å². The number of alkyl halides is 3. The number of benzene rings is 1. The molecule has 3 rings (SSSR count). The van der Waals surface area contributed by atoms with Crippen molar-refractivity contribution in [2.45, 2.75) is 26.4 Å². The SMILES string of the molecule is CC.O=C(Nc1ccc(C(F)(F)F)c(Cl)c1)N1CC=C(c2ncccc2F)CC1. The lowest BCUT2D eigenvalue weighted by Gasteiger charge is -2.26. The van der Waals surface area contributed by atoms with E-state index in [0.29, 0.717) is 18.5 Å². The molecule has 4 nitrogen and oxygen atoms in total. The van der Waals surface area contributed by atoms with Crippen LogP contribution in [0.4, 0.5) is 28.0 Å². The van der Waals surface area contributed by atoms with Gasteiger partial charge in [-0.05, 0) is 42.3 Å². The smallest absolute Gasteiger partial charge is 0.320 e. The first-order valence-electron chi connectivity index (χ1n) is 8.98. The van der Waals surface area contributed by atoms with Crippen molar-refractivity contribution in [2.24, 2.45) is 0 Å². The minimum atomic E-state index is -4.56. The molecule has 1 N–H and O–H groups in total. The standard InChI is InChI=1S/C18H14ClF4N3O.C2H6/c19-14-10-12(3-4-13(14)18(21,22)23)25-17(27)26-8-5-11(6-9-26)16-15(20)2-1-7-24-16;1-2/h1-5,7,10H,6,8-9H2,(H,25,27);1-2H3. The third-order valence-electron chi connectivity index (χ3n) is 4.08. The van der Waals surface area contributed by atoms with Crippen molar-refractivity contribution in [1.82, 2.24) is 9.88 Å². The molecule has 0 saturated carbocycles. The van der Waals surface area contributed by atoms with E-state index in [2.05, 4.69) is 10.3 Å². The van der Waals surface area contributed by atoms with E-state index in [9.17, 15) is 22.4 Å². The number of anilines is 1. The Labute approximate surface area is 171 Å². The molecule has 0 bridgehead atoms. The van der Waals surface area contributed by atoms with Crippen molar-refractivity contribution in [3.63, 3.8) is 0 Å². The number of nitrogens with zero attached hydrogens (tertiary/aromatic N) is 2. The average molecular weight is 430 g/mol. The second-order valence-corrected chi connectivity index (χ2v) is 6.29. The molecule has 0 atom stereocenters. The summed E-state index contributed by atoms with van der Waals surface area (Å²) in [6.45, 7) is 4.55. The van der Waals surface area contributed by atoms with E-state index >= 15 is 0 Å². The van der Waals surface area contributed by atoms with Crippen LogP contribution in [0.2, 0.25) is 5.02 Å². The fourth-order valence-corrected chi connectivity index (χ4v) is 3.00. The van der Waals surface area contributed by atoms with Crippen molar-refractivity contribution in [2.75, 3.05) is 18.4 Å². The summed E-state index contributed by atoms with van der Waals surface area (Å²) in [4.78, 5) is 17.8. The van der Waals surface area contributed by atoms with E-state index in [1.165, 1.54) is 23.2 Å². The topological polar surface area (TPSA) is 45.2 Å². The van der Waals surface area contributed by atoms with Gasteiger partial charge in [0.15, 0.2) is 0 Å². The summed E-state index contributed by atoms with van der Waals surface area (Å²) in [5.41, 5.74) is 0.149. The molecule has 1 aromatic heterocycles. The first-order chi connectivity index (χ1) is 13.8. The van der Waals surface area contributed by atoms with Crippen molar-refractivity contribution in [1.29, 1.82) is 0 Å². The summed E-state index contributed by atoms with van der Waals surface area (Å²) in [5.74, 6) is -0.430. The number of aromatic nitrogens is 1. The number of hydrogen-bond acceptors (Lipinski definition) is 2. The molecule has 1 aliphatic heterocycles. The van der Waals surface area contributed by atoms with E-state index in [0.717, 1.165) is 18.2 Å². The Bertz CT molecular complexity index is 900. The first kappa shape index (κ1) is 22.7. The van der Waals surface area contributed by atoms with Gasteiger partial charge in [-0.25, -0.2) is 9.18 Å². The number of nitrogens with one attached hydrogen (secondary N) is 1. The normalized spacial score (nSPS) is 13.9. The first-order valence-corrected chi connectivity index (χ1v) is 9.36. The van der Waals surface area contributed by atoms with Crippen LogP contribution in [0.3, 0.4) is 0 Å². The van der Waals surface area contributed by atoms with Gasteiger partial charge < -0.3 is 10.2 Å². The maximum absolute atomic E-state index is 13.8. The van der Waals surface area contributed by atoms with E-state index in [1.54, 1.807) is 6.08 Å². The summed E-state index contributed by atoms with van der Waals surface area (Å²) in [6.07, 6.45) is -0.954. The molecule has 29 heavy (non-hydrogen) atoms. The summed E-state index contributed by atoms with van der Waals surface area (Å²) >= 11 is 5.65. The number of rotatable bonds is 2. The molecular weight excluding hydrogens is 410 g/mol. The van der Waals surface area contributed by atoms with Crippen LogP contribution in [0.15, 0.2) is 42.6 Å². The third-order valence-corrected chi connectivity index (χ3v) is 4.40. The number of amides is 2. The van der Waals surface area contributed by atoms with Gasteiger partial charge in [0.2, 0.25) is 0 Å². The molecule has 2 heterocycles. The largest absolute Gasteiger partial charge is 0.417 e. The molecule has 1 aliphatic rings. The van der Waals surface area contributed by atoms with Gasteiger partial charge in [0.1, 0.15) is 11.5 Å². The van der Waals surface area contributed by atoms with Crippen molar-refractivity contribution >= 4 is 28.9 Å². The molecule has 156 valence electrons. The van der Waals surface area contributed by atoms with Gasteiger partial charge in [-0.15, -0.1) is 0 Å². The van der Waals surface area contributed by atoms with Crippen LogP contribution in [-0.4, -0.2) is 29.0 Å². The van der Waals surface area contributed by atoms with Gasteiger partial charge >= 0.3 is 12.2 Å². The Balaban J connectivity index is 0.00000145. The molecule has 0 unspecified atom stereocenters. The monoisotopic (exact) mass is 429 g/mol. The fourth-order valence-electron chi connectivity index (χ4n) is 2.72. The summed E-state index contributed by atoms with van der Waals surface area (Å²) in [7, 11) is 0. The molecule has 1 aromatic carbocycles. The van der Waals surface area contributed by atoms with E-state index in [4.69, 9.17) is 11.6 Å². The molecule has 0 fully saturated rings. The highest BCUT2D eigenvalue weighted by molar-refractivity contribution is 6.31. The number of pyridine rings is 1. The van der Waals surface area contributed by atoms with E-state index < -0.39 is 28.6 Å². The number of urea groups is 1. The minimum Gasteiger partial charge on any atom is -0.320 e. The molecule has 0 spiro atoms. The van der Waals surface area contributed by atoms with Gasteiger partial charge in [0, 0.05) is 25.0 Å². The Morgan fingerprint density at radius 3 is 2.52 bits per heavy atom. The van der Waals surface area contributed by atoms with Gasteiger partial charge in [-0.3, -0.25) is 4.98 Å². The maximum atomic E-state index is 13.8. The zero-order valence-corrected chi connectivity index (χ0v) is 16.6. The van der Waals surface area contributed by atoms with Crippen LogP contribution >= 0.6 is 11.6 Å². The third kappa shape index (κ3) is 5.69. The quantitative estimate of drug-likeness (QED) is 0.574. The van der Waals surface area contributed by atoms with Crippen molar-refractivity contribution in [3.8, 4) is 0 Å². The molecule has 0 aliphatic carbocycles. The van der Waals surface area contributed by atoms with Crippen LogP contribution in [0.1, 0.15) is 31.5 Å². The number of carbonyl (C=O) groups excluding carboxylic acids is 1. The Kier molecular flexibility index (Phi) is 7.61. The van der Waals surface area contributed by atoms with E-state index in [-0.39, 0.29) is 17.9 Å². The Morgan fingerprint density at radius 2 is 1.97 bits per heavy atom. The van der Waals surface area contributed by atoms with Gasteiger partial charge in [0.25, 0.3) is 0 Å². The van der Waals surface area contributed by atoms with Crippen LogP contribution in [0, 0.1) is 5.82 Å². The second kappa shape index (κ2) is 9.73. The predicted molar refractivity (Wildman–Crippen MR) is 105 cm³/mol. The van der Waals surface area contributed by atoms with Crippen molar-refractivity contribution in [3.05, 3.63) is 64.7 Å². The highest BCUT2D eigenvalue weighted by atomic mass is 35.5. The lowest BCUT2D eigenvalue weighted by molar-refractivity contribution is -0.137. The summed E-state index contributed by atoms with van der Waals surface area (Å²) in [6, 6.07) is 5.34. The summed E-state index contributed by atoms with van der Waals surface area (Å²) < 4.78 is 51.9. The molecule has 9 heteroatoms. The van der Waals surface area contributed by atoms with Crippen LogP contribution < -0.4 is 5.32 Å². The molecule has 2 amide bonds. The molecular formula is C20H20ClF4N3O. The lowest BCUT2D eigenvalue weighted by atomic mass is 10.0. The van der Waals surface area contributed by atoms with Crippen LogP contribution in [0.5, 0.6) is 0 Å². The van der Waals surface area contributed by atoms with Crippen LogP contribution in [-0.2, 0) is 6.18 Å². The zero-order valence-electron chi connectivity index (χ0n) is 15.9. The number of hydrogen-bond donors (Lipinski definition) is 1. The number of carbonyl (C=O) groups is 1. The number of halogens is 5. The van der Waals surface area contributed by atoms with E-state index in [1.807, 2.05) is 13.8 Å². The molecule has 0 radical (unpaired) electrons. The van der Waals surface area contributed by atoms with Gasteiger partial charge in [0.05, 0.1) is 10.6 Å². The van der Waals surface area contributed by atoms with Gasteiger partial charge in [-0.2, -0.15) is 13.2 Å². The second-order valence-electron chi connectivity index (χ2n) is 5.88. The maximum Gasteiger partial charge on any atom is 0.417 e. The van der Waals surface area contributed by atoms with Crippen LogP contribution in [0.25, 0.3) is 5.57 Å². The lowest BCUT2D eigenvalue weighted by Crippen LogP contribution is -2.38. The Morgan fingerprint density at radius 1 is 1.24 bits per heavy atom. The van der Waals surface area contributed by atoms with Gasteiger partial charge in [-0.1, -0.05) is 31.5 Å². The highest BCUT2D eigenvalue weighted by Crippen LogP contribution is 2.36. The fraction of sp³-hybridized carbons (Fsp3) is 0.300. The molecule has 0 saturated heterocycles.